The molecule has 0 aliphatic carbocycles. The molecule has 1 atom stereocenters. The topological polar surface area (TPSA) is 172 Å². The van der Waals surface area contributed by atoms with Crippen molar-refractivity contribution in [1.29, 1.82) is 0 Å². The highest BCUT2D eigenvalue weighted by Gasteiger charge is 2.33. The van der Waals surface area contributed by atoms with Crippen molar-refractivity contribution >= 4 is 29.4 Å². The Morgan fingerprint density at radius 1 is 1.03 bits per heavy atom. The number of carbonyl (C=O) groups excluding carboxylic acids is 3. The van der Waals surface area contributed by atoms with Gasteiger partial charge in [-0.05, 0) is 51.8 Å². The van der Waals surface area contributed by atoms with E-state index >= 15 is 0 Å². The lowest BCUT2D eigenvalue weighted by molar-refractivity contribution is -0.396. The lowest BCUT2D eigenvalue weighted by Crippen LogP contribution is -2.43. The average Bonchev–Trinajstić information content (AvgIpc) is 3.42. The van der Waals surface area contributed by atoms with Gasteiger partial charge in [0.1, 0.15) is 24.9 Å². The predicted octanol–water partition coefficient (Wildman–Crippen LogP) is 2.98. The molecule has 0 N–H and O–H groups in total. The molecule has 2 heterocycles. The lowest BCUT2D eigenvalue weighted by atomic mass is 9.97. The lowest BCUT2D eigenvalue weighted by Gasteiger charge is -2.31. The van der Waals surface area contributed by atoms with Crippen LogP contribution in [0.4, 0.5) is 16.2 Å². The number of nitro groups is 2. The Labute approximate surface area is 224 Å². The number of nitrogens with zero attached hydrogens (tertiary/aromatic N) is 4. The molecule has 0 radical (unpaired) electrons. The van der Waals surface area contributed by atoms with Crippen LogP contribution < -0.4 is 0 Å². The van der Waals surface area contributed by atoms with Crippen molar-refractivity contribution in [2.75, 3.05) is 39.3 Å². The zero-order valence-corrected chi connectivity index (χ0v) is 21.7. The number of carbonyl (C=O) groups is 3. The summed E-state index contributed by atoms with van der Waals surface area (Å²) in [5.41, 5.74) is -1.10. The first kappa shape index (κ1) is 29.5. The molecule has 2 aliphatic rings. The molecule has 1 unspecified atom stereocenters. The highest BCUT2D eigenvalue weighted by Crippen LogP contribution is 2.29. The number of amides is 1. The molecule has 14 heteroatoms. The number of esters is 2. The Bertz CT molecular complexity index is 1080. The summed E-state index contributed by atoms with van der Waals surface area (Å²) >= 11 is 0. The minimum atomic E-state index is -0.798. The number of rotatable bonds is 11. The molecule has 1 aromatic carbocycles. The molecular formula is C25H32N4O10. The van der Waals surface area contributed by atoms with E-state index in [9.17, 15) is 34.6 Å². The molecule has 0 bridgehead atoms. The fraction of sp³-hybridized carbons (Fsp3) is 0.560. The summed E-state index contributed by atoms with van der Waals surface area (Å²) in [5, 5.41) is 22.6. The van der Waals surface area contributed by atoms with Crippen molar-refractivity contribution in [1.82, 2.24) is 9.80 Å². The van der Waals surface area contributed by atoms with Crippen molar-refractivity contribution in [3.05, 3.63) is 56.1 Å². The molecule has 2 saturated heterocycles. The van der Waals surface area contributed by atoms with Gasteiger partial charge in [0.15, 0.2) is 0 Å². The van der Waals surface area contributed by atoms with Gasteiger partial charge in [-0.1, -0.05) is 6.58 Å². The number of hydrogen-bond acceptors (Lipinski definition) is 11. The fourth-order valence-electron chi connectivity index (χ4n) is 4.51. The van der Waals surface area contributed by atoms with Gasteiger partial charge < -0.3 is 19.1 Å². The standard InChI is InChI=1S/C25H32N4O10/c1-17(2)23(30)37-15-19(14-26-10-3-4-11-26)39-24(31)18-8-12-27(13-9-18)25(32)38-16-20-21(28(33)34)6-5-7-22(20)29(35)36/h5-7,18-19H,1,3-4,8-16H2,2H3. The smallest absolute Gasteiger partial charge is 0.410 e. The Hall–Kier alpha value is -4.07. The third-order valence-corrected chi connectivity index (χ3v) is 6.64. The van der Waals surface area contributed by atoms with Gasteiger partial charge in [0.25, 0.3) is 11.4 Å². The number of nitro benzene ring substituents is 2. The minimum absolute atomic E-state index is 0.0864. The van der Waals surface area contributed by atoms with Crippen LogP contribution in [0.15, 0.2) is 30.4 Å². The van der Waals surface area contributed by atoms with Gasteiger partial charge in [0, 0.05) is 37.3 Å². The molecular weight excluding hydrogens is 516 g/mol. The van der Waals surface area contributed by atoms with Gasteiger partial charge in [-0.15, -0.1) is 0 Å². The highest BCUT2D eigenvalue weighted by atomic mass is 16.6. The van der Waals surface area contributed by atoms with Crippen LogP contribution >= 0.6 is 0 Å². The monoisotopic (exact) mass is 548 g/mol. The zero-order chi connectivity index (χ0) is 28.5. The van der Waals surface area contributed by atoms with E-state index in [2.05, 4.69) is 11.5 Å². The molecule has 3 rings (SSSR count). The first-order valence-electron chi connectivity index (χ1n) is 12.6. The molecule has 14 nitrogen and oxygen atoms in total. The zero-order valence-electron chi connectivity index (χ0n) is 21.7. The van der Waals surface area contributed by atoms with Crippen LogP contribution in [-0.2, 0) is 30.4 Å². The Morgan fingerprint density at radius 3 is 2.15 bits per heavy atom. The summed E-state index contributed by atoms with van der Waals surface area (Å²) in [6, 6.07) is 3.39. The summed E-state index contributed by atoms with van der Waals surface area (Å²) in [6.45, 7) is 6.87. The fourth-order valence-corrected chi connectivity index (χ4v) is 4.51. The van der Waals surface area contributed by atoms with E-state index in [-0.39, 0.29) is 30.8 Å². The van der Waals surface area contributed by atoms with Crippen LogP contribution in [0.3, 0.4) is 0 Å². The molecule has 39 heavy (non-hydrogen) atoms. The van der Waals surface area contributed by atoms with Crippen molar-refractivity contribution in [2.45, 2.75) is 45.3 Å². The van der Waals surface area contributed by atoms with Gasteiger partial charge in [-0.2, -0.15) is 0 Å². The third-order valence-electron chi connectivity index (χ3n) is 6.64. The van der Waals surface area contributed by atoms with E-state index in [0.29, 0.717) is 19.4 Å². The molecule has 0 spiro atoms. The van der Waals surface area contributed by atoms with Crippen LogP contribution in [0.1, 0.15) is 38.2 Å². The molecule has 2 aliphatic heterocycles. The maximum absolute atomic E-state index is 12.9. The Kier molecular flexibility index (Phi) is 10.3. The quantitative estimate of drug-likeness (QED) is 0.131. The second-order valence-electron chi connectivity index (χ2n) is 9.55. The summed E-state index contributed by atoms with van der Waals surface area (Å²) < 4.78 is 16.1. The first-order valence-corrected chi connectivity index (χ1v) is 12.6. The maximum Gasteiger partial charge on any atom is 0.410 e. The van der Waals surface area contributed by atoms with Gasteiger partial charge in [0.2, 0.25) is 0 Å². The van der Waals surface area contributed by atoms with Crippen LogP contribution in [0.2, 0.25) is 0 Å². The van der Waals surface area contributed by atoms with Crippen LogP contribution in [-0.4, -0.2) is 83.1 Å². The first-order chi connectivity index (χ1) is 18.6. The van der Waals surface area contributed by atoms with Crippen molar-refractivity contribution in [3.63, 3.8) is 0 Å². The molecule has 1 amide bonds. The summed E-state index contributed by atoms with van der Waals surface area (Å²) in [7, 11) is 0. The van der Waals surface area contributed by atoms with E-state index in [1.165, 1.54) is 17.9 Å². The van der Waals surface area contributed by atoms with Gasteiger partial charge in [0.05, 0.1) is 15.8 Å². The van der Waals surface area contributed by atoms with E-state index in [1.54, 1.807) is 0 Å². The molecule has 0 saturated carbocycles. The molecule has 212 valence electrons. The Morgan fingerprint density at radius 2 is 1.62 bits per heavy atom. The predicted molar refractivity (Wildman–Crippen MR) is 136 cm³/mol. The molecule has 2 fully saturated rings. The van der Waals surface area contributed by atoms with Crippen LogP contribution in [0.25, 0.3) is 0 Å². The summed E-state index contributed by atoms with van der Waals surface area (Å²) in [6.07, 6.45) is 1.24. The van der Waals surface area contributed by atoms with E-state index in [1.807, 2.05) is 0 Å². The SMILES string of the molecule is C=C(C)C(=O)OCC(CN1CCCC1)OC(=O)C1CCN(C(=O)OCc2c([N+](=O)[O-])cccc2[N+](=O)[O-])CC1. The van der Waals surface area contributed by atoms with Gasteiger partial charge in [-0.3, -0.25) is 29.9 Å². The Balaban J connectivity index is 1.53. The number of piperidine rings is 1. The highest BCUT2D eigenvalue weighted by molar-refractivity contribution is 5.87. The minimum Gasteiger partial charge on any atom is -0.458 e. The van der Waals surface area contributed by atoms with Crippen molar-refractivity contribution in [3.8, 4) is 0 Å². The number of benzene rings is 1. The summed E-state index contributed by atoms with van der Waals surface area (Å²) in [4.78, 5) is 61.8. The third kappa shape index (κ3) is 8.21. The second-order valence-corrected chi connectivity index (χ2v) is 9.55. The normalized spacial score (nSPS) is 16.8. The average molecular weight is 549 g/mol. The number of hydrogen-bond donors (Lipinski definition) is 0. The largest absolute Gasteiger partial charge is 0.458 e. The summed E-state index contributed by atoms with van der Waals surface area (Å²) in [5.74, 6) is -1.49. The van der Waals surface area contributed by atoms with Crippen molar-refractivity contribution < 1.29 is 38.4 Å². The van der Waals surface area contributed by atoms with Gasteiger partial charge >= 0.3 is 18.0 Å². The van der Waals surface area contributed by atoms with Crippen LogP contribution in [0, 0.1) is 26.1 Å². The van der Waals surface area contributed by atoms with E-state index in [4.69, 9.17) is 14.2 Å². The van der Waals surface area contributed by atoms with Crippen molar-refractivity contribution in [2.24, 2.45) is 5.92 Å². The van der Waals surface area contributed by atoms with E-state index in [0.717, 1.165) is 38.1 Å². The van der Waals surface area contributed by atoms with Crippen LogP contribution in [0.5, 0.6) is 0 Å². The maximum atomic E-state index is 12.9. The molecule has 1 aromatic rings. The number of ether oxygens (including phenoxy) is 3. The second kappa shape index (κ2) is 13.6. The van der Waals surface area contributed by atoms with E-state index < -0.39 is 57.9 Å². The van der Waals surface area contributed by atoms with Gasteiger partial charge in [-0.25, -0.2) is 9.59 Å². The molecule has 0 aromatic heterocycles. The number of likely N-dealkylation sites (tertiary alicyclic amines) is 2.